The van der Waals surface area contributed by atoms with Crippen LogP contribution in [-0.4, -0.2) is 53.6 Å². The zero-order chi connectivity index (χ0) is 20.7. The second-order valence-corrected chi connectivity index (χ2v) is 8.84. The molecule has 0 radical (unpaired) electrons. The number of likely N-dealkylation sites (tertiary alicyclic amines) is 1. The molecular weight excluding hydrogens is 406 g/mol. The normalized spacial score (nSPS) is 23.5. The fourth-order valence-electron chi connectivity index (χ4n) is 4.68. The number of β-amino-alcohol motifs (C(OH)–C–C–N with tert-alkyl or cyclic N) is 1. The molecule has 160 valence electrons. The van der Waals surface area contributed by atoms with Crippen molar-refractivity contribution in [3.8, 4) is 17.2 Å². The van der Waals surface area contributed by atoms with Crippen LogP contribution in [0.1, 0.15) is 42.6 Å². The number of hydrogen-bond donors (Lipinski definition) is 2. The third-order valence-corrected chi connectivity index (χ3v) is 6.61. The average molecular weight is 432 g/mol. The minimum Gasteiger partial charge on any atom is -0.487 e. The van der Waals surface area contributed by atoms with Gasteiger partial charge < -0.3 is 29.3 Å². The van der Waals surface area contributed by atoms with Gasteiger partial charge in [0.1, 0.15) is 24.6 Å². The van der Waals surface area contributed by atoms with Gasteiger partial charge in [0.15, 0.2) is 11.5 Å². The van der Waals surface area contributed by atoms with E-state index in [4.69, 9.17) is 25.8 Å². The Labute approximate surface area is 180 Å². The molecule has 2 aromatic carbocycles. The number of piperidine rings is 1. The van der Waals surface area contributed by atoms with Crippen molar-refractivity contribution in [2.75, 3.05) is 32.8 Å². The molecule has 2 N–H and O–H groups in total. The van der Waals surface area contributed by atoms with Gasteiger partial charge in [0, 0.05) is 36.6 Å². The first-order valence-corrected chi connectivity index (χ1v) is 10.9. The predicted octanol–water partition coefficient (Wildman–Crippen LogP) is 3.50. The van der Waals surface area contributed by atoms with E-state index in [1.165, 1.54) is 0 Å². The van der Waals surface area contributed by atoms with E-state index in [0.29, 0.717) is 37.0 Å². The molecule has 1 saturated heterocycles. The van der Waals surface area contributed by atoms with E-state index in [1.807, 2.05) is 24.3 Å². The molecule has 5 rings (SSSR count). The van der Waals surface area contributed by atoms with Crippen LogP contribution in [0.4, 0.5) is 0 Å². The Morgan fingerprint density at radius 2 is 1.77 bits per heavy atom. The maximum atomic E-state index is 10.8. The van der Waals surface area contributed by atoms with Crippen molar-refractivity contribution in [1.29, 1.82) is 0 Å². The first-order valence-electron chi connectivity index (χ1n) is 10.5. The van der Waals surface area contributed by atoms with Gasteiger partial charge in [0.05, 0.1) is 12.2 Å². The van der Waals surface area contributed by atoms with Gasteiger partial charge in [-0.15, -0.1) is 0 Å². The largest absolute Gasteiger partial charge is 0.487 e. The number of halogens is 1. The van der Waals surface area contributed by atoms with Crippen LogP contribution in [0.5, 0.6) is 17.2 Å². The molecule has 3 heterocycles. The number of rotatable bonds is 3. The van der Waals surface area contributed by atoms with Gasteiger partial charge in [-0.25, -0.2) is 0 Å². The molecule has 3 aliphatic heterocycles. The molecule has 0 amide bonds. The number of hydrogen-bond acceptors (Lipinski definition) is 6. The van der Waals surface area contributed by atoms with E-state index in [-0.39, 0.29) is 5.60 Å². The van der Waals surface area contributed by atoms with Crippen LogP contribution in [-0.2, 0) is 0 Å². The van der Waals surface area contributed by atoms with E-state index in [0.717, 1.165) is 48.6 Å². The lowest BCUT2D eigenvalue weighted by Crippen LogP contribution is -2.51. The summed E-state index contributed by atoms with van der Waals surface area (Å²) >= 11 is 6.06. The smallest absolute Gasteiger partial charge is 0.161 e. The quantitative estimate of drug-likeness (QED) is 0.775. The minimum atomic E-state index is -0.601. The summed E-state index contributed by atoms with van der Waals surface area (Å²) in [5.74, 6) is 2.15. The Morgan fingerprint density at radius 1 is 1.03 bits per heavy atom. The number of aliphatic hydroxyl groups excluding tert-OH is 2. The Bertz CT molecular complexity index is 928. The zero-order valence-electron chi connectivity index (χ0n) is 16.7. The van der Waals surface area contributed by atoms with Crippen LogP contribution >= 0.6 is 11.6 Å². The fraction of sp³-hybridized carbons (Fsp3) is 0.478. The standard InChI is InChI=1S/C23H26ClNO5/c24-16-2-4-20-17(12-16)18(26)13-23(30-20)5-7-25(8-6-23)14-19(27)15-1-3-21-22(11-15)29-10-9-28-21/h1-4,11-12,18-19,26-27H,5-10,13-14H2/t18-,19+/m0/s1. The SMILES string of the molecule is O[C@H](CN1CCC2(CC1)C[C@H](O)c1cc(Cl)ccc1O2)c1ccc2c(c1)OCCO2. The first-order chi connectivity index (χ1) is 14.5. The molecule has 0 saturated carbocycles. The highest BCUT2D eigenvalue weighted by atomic mass is 35.5. The summed E-state index contributed by atoms with van der Waals surface area (Å²) in [6.07, 6.45) is 1.01. The molecule has 0 aliphatic carbocycles. The third kappa shape index (κ3) is 3.85. The highest BCUT2D eigenvalue weighted by Crippen LogP contribution is 2.45. The maximum absolute atomic E-state index is 10.8. The predicted molar refractivity (Wildman–Crippen MR) is 112 cm³/mol. The molecule has 7 heteroatoms. The molecule has 1 fully saturated rings. The summed E-state index contributed by atoms with van der Waals surface area (Å²) in [5.41, 5.74) is 1.23. The molecule has 0 aromatic heterocycles. The van der Waals surface area contributed by atoms with Crippen LogP contribution < -0.4 is 14.2 Å². The molecule has 2 atom stereocenters. The number of ether oxygens (including phenoxy) is 3. The van der Waals surface area contributed by atoms with Gasteiger partial charge >= 0.3 is 0 Å². The summed E-state index contributed by atoms with van der Waals surface area (Å²) in [5, 5.41) is 22.0. The van der Waals surface area contributed by atoms with Crippen LogP contribution in [0, 0.1) is 0 Å². The van der Waals surface area contributed by atoms with Crippen LogP contribution in [0.3, 0.4) is 0 Å². The summed E-state index contributed by atoms with van der Waals surface area (Å²) in [6, 6.07) is 11.1. The van der Waals surface area contributed by atoms with Crippen molar-refractivity contribution < 1.29 is 24.4 Å². The number of aliphatic hydroxyl groups is 2. The lowest BCUT2D eigenvalue weighted by molar-refractivity contribution is -0.0587. The zero-order valence-corrected chi connectivity index (χ0v) is 17.5. The van der Waals surface area contributed by atoms with Crippen molar-refractivity contribution >= 4 is 11.6 Å². The van der Waals surface area contributed by atoms with Crippen LogP contribution in [0.2, 0.25) is 5.02 Å². The lowest BCUT2D eigenvalue weighted by Gasteiger charge is -2.46. The molecule has 30 heavy (non-hydrogen) atoms. The monoisotopic (exact) mass is 431 g/mol. The van der Waals surface area contributed by atoms with Crippen molar-refractivity contribution in [2.24, 2.45) is 0 Å². The molecule has 2 aromatic rings. The summed E-state index contributed by atoms with van der Waals surface area (Å²) < 4.78 is 17.5. The van der Waals surface area contributed by atoms with Crippen LogP contribution in [0.25, 0.3) is 0 Å². The van der Waals surface area contributed by atoms with Crippen molar-refractivity contribution in [1.82, 2.24) is 4.90 Å². The highest BCUT2D eigenvalue weighted by Gasteiger charge is 2.43. The van der Waals surface area contributed by atoms with Crippen LogP contribution in [0.15, 0.2) is 36.4 Å². The maximum Gasteiger partial charge on any atom is 0.161 e. The Balaban J connectivity index is 1.22. The van der Waals surface area contributed by atoms with E-state index < -0.39 is 12.2 Å². The second kappa shape index (κ2) is 7.93. The fourth-order valence-corrected chi connectivity index (χ4v) is 4.86. The Morgan fingerprint density at radius 3 is 2.57 bits per heavy atom. The topological polar surface area (TPSA) is 71.4 Å². The number of benzene rings is 2. The summed E-state index contributed by atoms with van der Waals surface area (Å²) in [7, 11) is 0. The second-order valence-electron chi connectivity index (χ2n) is 8.41. The molecule has 3 aliphatic rings. The van der Waals surface area contributed by atoms with E-state index in [2.05, 4.69) is 4.90 Å². The van der Waals surface area contributed by atoms with E-state index in [9.17, 15) is 10.2 Å². The van der Waals surface area contributed by atoms with Gasteiger partial charge in [-0.2, -0.15) is 0 Å². The minimum absolute atomic E-state index is 0.362. The van der Waals surface area contributed by atoms with Gasteiger partial charge in [0.2, 0.25) is 0 Å². The molecular formula is C23H26ClNO5. The van der Waals surface area contributed by atoms with Gasteiger partial charge in [-0.1, -0.05) is 17.7 Å². The Kier molecular flexibility index (Phi) is 5.27. The van der Waals surface area contributed by atoms with Gasteiger partial charge in [-0.05, 0) is 48.7 Å². The number of fused-ring (bicyclic) bond motifs is 2. The van der Waals surface area contributed by atoms with Crippen molar-refractivity contribution in [2.45, 2.75) is 37.1 Å². The van der Waals surface area contributed by atoms with Gasteiger partial charge in [0.25, 0.3) is 0 Å². The third-order valence-electron chi connectivity index (χ3n) is 6.37. The van der Waals surface area contributed by atoms with Crippen molar-refractivity contribution in [3.05, 3.63) is 52.5 Å². The molecule has 6 nitrogen and oxygen atoms in total. The van der Waals surface area contributed by atoms with E-state index >= 15 is 0 Å². The van der Waals surface area contributed by atoms with E-state index in [1.54, 1.807) is 12.1 Å². The lowest BCUT2D eigenvalue weighted by atomic mass is 9.81. The highest BCUT2D eigenvalue weighted by molar-refractivity contribution is 6.30. The Hall–Kier alpha value is -1.99. The number of nitrogens with zero attached hydrogens (tertiary/aromatic N) is 1. The molecule has 0 unspecified atom stereocenters. The summed E-state index contributed by atoms with van der Waals surface area (Å²) in [6.45, 7) is 3.24. The average Bonchev–Trinajstić information content (AvgIpc) is 2.76. The molecule has 1 spiro atoms. The van der Waals surface area contributed by atoms with Crippen molar-refractivity contribution in [3.63, 3.8) is 0 Å². The summed E-state index contributed by atoms with van der Waals surface area (Å²) in [4.78, 5) is 2.25. The first kappa shape index (κ1) is 19.9. The van der Waals surface area contributed by atoms with Gasteiger partial charge in [-0.3, -0.25) is 0 Å². The molecule has 0 bridgehead atoms.